The van der Waals surface area contributed by atoms with E-state index in [2.05, 4.69) is 31.0 Å². The highest BCUT2D eigenvalue weighted by molar-refractivity contribution is 4.95. The lowest BCUT2D eigenvalue weighted by Crippen LogP contribution is -2.44. The molecule has 2 heteroatoms. The third kappa shape index (κ3) is 4.26. The molecule has 2 nitrogen and oxygen atoms in total. The molecule has 0 aromatic carbocycles. The highest BCUT2D eigenvalue weighted by Gasteiger charge is 2.37. The second-order valence-electron chi connectivity index (χ2n) is 6.53. The Hall–Kier alpha value is -0.0800. The lowest BCUT2D eigenvalue weighted by atomic mass is 10.0. The summed E-state index contributed by atoms with van der Waals surface area (Å²) < 4.78 is 0. The third-order valence-electron chi connectivity index (χ3n) is 4.24. The van der Waals surface area contributed by atoms with Gasteiger partial charge >= 0.3 is 0 Å². The van der Waals surface area contributed by atoms with E-state index in [4.69, 9.17) is 0 Å². The van der Waals surface area contributed by atoms with Crippen LogP contribution in [0.25, 0.3) is 0 Å². The molecular formula is C15H30N2. The highest BCUT2D eigenvalue weighted by atomic mass is 15.1. The molecule has 1 N–H and O–H groups in total. The fourth-order valence-electron chi connectivity index (χ4n) is 3.24. The van der Waals surface area contributed by atoms with Gasteiger partial charge in [0.1, 0.15) is 0 Å². The van der Waals surface area contributed by atoms with Crippen LogP contribution in [0, 0.1) is 11.8 Å². The molecule has 1 saturated heterocycles. The molecule has 2 rings (SSSR count). The van der Waals surface area contributed by atoms with E-state index in [1.165, 1.54) is 51.7 Å². The summed E-state index contributed by atoms with van der Waals surface area (Å²) >= 11 is 0. The first kappa shape index (κ1) is 13.4. The van der Waals surface area contributed by atoms with Crippen LogP contribution in [0.3, 0.4) is 0 Å². The van der Waals surface area contributed by atoms with Crippen molar-refractivity contribution < 1.29 is 0 Å². The molecular weight excluding hydrogens is 208 g/mol. The van der Waals surface area contributed by atoms with Crippen molar-refractivity contribution in [3.05, 3.63) is 0 Å². The molecule has 0 radical (unpaired) electrons. The van der Waals surface area contributed by atoms with E-state index >= 15 is 0 Å². The van der Waals surface area contributed by atoms with E-state index in [-0.39, 0.29) is 0 Å². The van der Waals surface area contributed by atoms with Crippen molar-refractivity contribution in [3.63, 3.8) is 0 Å². The Kier molecular flexibility index (Phi) is 4.87. The summed E-state index contributed by atoms with van der Waals surface area (Å²) in [5.74, 6) is 1.82. The fraction of sp³-hybridized carbons (Fsp3) is 1.00. The molecule has 100 valence electrons. The first-order chi connectivity index (χ1) is 8.19. The maximum absolute atomic E-state index is 3.87. The lowest BCUT2D eigenvalue weighted by Gasteiger charge is -2.33. The molecule has 0 spiro atoms. The molecule has 1 saturated carbocycles. The van der Waals surface area contributed by atoms with E-state index in [1.807, 2.05) is 0 Å². The van der Waals surface area contributed by atoms with Crippen LogP contribution >= 0.6 is 0 Å². The van der Waals surface area contributed by atoms with Gasteiger partial charge in [-0.05, 0) is 50.6 Å². The Morgan fingerprint density at radius 2 is 1.94 bits per heavy atom. The van der Waals surface area contributed by atoms with Gasteiger partial charge in [-0.2, -0.15) is 0 Å². The third-order valence-corrected chi connectivity index (χ3v) is 4.24. The molecule has 0 aromatic rings. The van der Waals surface area contributed by atoms with Crippen molar-refractivity contribution in [1.29, 1.82) is 0 Å². The topological polar surface area (TPSA) is 15.3 Å². The zero-order valence-electron chi connectivity index (χ0n) is 11.9. The van der Waals surface area contributed by atoms with Gasteiger partial charge < -0.3 is 10.2 Å². The minimum absolute atomic E-state index is 0.810. The largest absolute Gasteiger partial charge is 0.311 e. The zero-order chi connectivity index (χ0) is 12.3. The van der Waals surface area contributed by atoms with Crippen LogP contribution in [0.2, 0.25) is 0 Å². The lowest BCUT2D eigenvalue weighted by molar-refractivity contribution is 0.178. The number of hydrogen-bond acceptors (Lipinski definition) is 2. The first-order valence-electron chi connectivity index (χ1n) is 7.67. The molecule has 0 bridgehead atoms. The minimum atomic E-state index is 0.810. The molecule has 2 atom stereocenters. The Morgan fingerprint density at radius 1 is 1.24 bits per heavy atom. The average Bonchev–Trinajstić information content (AvgIpc) is 2.99. The van der Waals surface area contributed by atoms with Crippen molar-refractivity contribution in [2.45, 2.75) is 65.0 Å². The summed E-state index contributed by atoms with van der Waals surface area (Å²) in [6, 6.07) is 1.68. The molecule has 1 aliphatic carbocycles. The van der Waals surface area contributed by atoms with Crippen molar-refractivity contribution in [2.24, 2.45) is 11.8 Å². The van der Waals surface area contributed by atoms with Crippen molar-refractivity contribution in [2.75, 3.05) is 19.6 Å². The number of hydrogen-bond donors (Lipinski definition) is 1. The smallest absolute Gasteiger partial charge is 0.0102 e. The zero-order valence-corrected chi connectivity index (χ0v) is 11.9. The first-order valence-corrected chi connectivity index (χ1v) is 7.67. The molecule has 2 aliphatic rings. The van der Waals surface area contributed by atoms with Gasteiger partial charge in [-0.15, -0.1) is 0 Å². The van der Waals surface area contributed by atoms with E-state index in [9.17, 15) is 0 Å². The summed E-state index contributed by atoms with van der Waals surface area (Å²) in [6.07, 6.45) is 6.96. The normalized spacial score (nSPS) is 31.1. The molecule has 17 heavy (non-hydrogen) atoms. The van der Waals surface area contributed by atoms with Gasteiger partial charge in [0.2, 0.25) is 0 Å². The number of likely N-dealkylation sites (tertiary alicyclic amines) is 1. The summed E-state index contributed by atoms with van der Waals surface area (Å²) in [4.78, 5) is 2.64. The van der Waals surface area contributed by atoms with Gasteiger partial charge in [0.25, 0.3) is 0 Å². The molecule has 0 amide bonds. The van der Waals surface area contributed by atoms with Gasteiger partial charge in [0, 0.05) is 18.6 Å². The van der Waals surface area contributed by atoms with E-state index in [1.54, 1.807) is 0 Å². The predicted molar refractivity (Wildman–Crippen MR) is 74.2 cm³/mol. The van der Waals surface area contributed by atoms with E-state index in [0.29, 0.717) is 0 Å². The van der Waals surface area contributed by atoms with Crippen LogP contribution in [-0.2, 0) is 0 Å². The second kappa shape index (κ2) is 6.19. The van der Waals surface area contributed by atoms with Crippen LogP contribution in [0.1, 0.15) is 52.9 Å². The van der Waals surface area contributed by atoms with E-state index < -0.39 is 0 Å². The standard InChI is InChI=1S/C15H30N2/c1-4-5-13-10-15(13)16-14-6-8-17(9-7-14)11-12(2)3/h12-16H,4-11H2,1-3H3. The quantitative estimate of drug-likeness (QED) is 0.765. The Labute approximate surface area is 107 Å². The molecule has 1 aliphatic heterocycles. The van der Waals surface area contributed by atoms with Gasteiger partial charge in [-0.1, -0.05) is 27.2 Å². The Morgan fingerprint density at radius 3 is 2.53 bits per heavy atom. The SMILES string of the molecule is CCCC1CC1NC1CCN(CC(C)C)CC1. The number of rotatable bonds is 6. The summed E-state index contributed by atoms with van der Waals surface area (Å²) in [7, 11) is 0. The average molecular weight is 238 g/mol. The van der Waals surface area contributed by atoms with Gasteiger partial charge in [-0.3, -0.25) is 0 Å². The number of nitrogens with zero attached hydrogens (tertiary/aromatic N) is 1. The molecule has 0 aromatic heterocycles. The maximum atomic E-state index is 3.87. The van der Waals surface area contributed by atoms with Gasteiger partial charge in [0.15, 0.2) is 0 Å². The van der Waals surface area contributed by atoms with Crippen molar-refractivity contribution in [3.8, 4) is 0 Å². The monoisotopic (exact) mass is 238 g/mol. The molecule has 2 unspecified atom stereocenters. The fourth-order valence-corrected chi connectivity index (χ4v) is 3.24. The number of nitrogens with one attached hydrogen (secondary N) is 1. The molecule has 2 fully saturated rings. The maximum Gasteiger partial charge on any atom is 0.0102 e. The number of piperidine rings is 1. The Balaban J connectivity index is 1.60. The van der Waals surface area contributed by atoms with Crippen LogP contribution in [0.15, 0.2) is 0 Å². The summed E-state index contributed by atoms with van der Waals surface area (Å²) in [5, 5.41) is 3.87. The van der Waals surface area contributed by atoms with Crippen molar-refractivity contribution in [1.82, 2.24) is 10.2 Å². The second-order valence-corrected chi connectivity index (χ2v) is 6.53. The van der Waals surface area contributed by atoms with E-state index in [0.717, 1.165) is 23.9 Å². The predicted octanol–water partition coefficient (Wildman–Crippen LogP) is 2.89. The van der Waals surface area contributed by atoms with Crippen LogP contribution < -0.4 is 5.32 Å². The van der Waals surface area contributed by atoms with Gasteiger partial charge in [0.05, 0.1) is 0 Å². The Bertz CT molecular complexity index is 219. The van der Waals surface area contributed by atoms with Gasteiger partial charge in [-0.25, -0.2) is 0 Å². The van der Waals surface area contributed by atoms with Crippen LogP contribution in [0.5, 0.6) is 0 Å². The highest BCUT2D eigenvalue weighted by Crippen LogP contribution is 2.35. The minimum Gasteiger partial charge on any atom is -0.311 e. The molecule has 1 heterocycles. The van der Waals surface area contributed by atoms with Crippen LogP contribution in [-0.4, -0.2) is 36.6 Å². The van der Waals surface area contributed by atoms with Crippen molar-refractivity contribution >= 4 is 0 Å². The summed E-state index contributed by atoms with van der Waals surface area (Å²) in [6.45, 7) is 10.9. The van der Waals surface area contributed by atoms with Crippen LogP contribution in [0.4, 0.5) is 0 Å². The summed E-state index contributed by atoms with van der Waals surface area (Å²) in [5.41, 5.74) is 0.